The second-order valence-electron chi connectivity index (χ2n) is 6.00. The molecule has 1 saturated heterocycles. The minimum atomic E-state index is 0.0484. The van der Waals surface area contributed by atoms with Crippen molar-refractivity contribution in [3.8, 4) is 0 Å². The average molecular weight is 361 g/mol. The van der Waals surface area contributed by atoms with E-state index in [-0.39, 0.29) is 5.91 Å². The van der Waals surface area contributed by atoms with Crippen molar-refractivity contribution < 1.29 is 4.79 Å². The Kier molecular flexibility index (Phi) is 6.35. The van der Waals surface area contributed by atoms with E-state index in [9.17, 15) is 4.79 Å². The molecule has 3 rings (SSSR count). The van der Waals surface area contributed by atoms with Crippen LogP contribution in [0.5, 0.6) is 0 Å². The lowest BCUT2D eigenvalue weighted by Crippen LogP contribution is -2.40. The first kappa shape index (κ1) is 17.5. The van der Waals surface area contributed by atoms with Gasteiger partial charge < -0.3 is 5.32 Å². The zero-order valence-electron chi connectivity index (χ0n) is 14.0. The molecule has 0 saturated carbocycles. The third-order valence-electron chi connectivity index (χ3n) is 4.49. The number of benzene rings is 1. The number of hydrogen-bond acceptors (Lipinski definition) is 4. The molecule has 1 aromatic heterocycles. The maximum Gasteiger partial charge on any atom is 0.252 e. The number of carbonyl (C=O) groups is 1. The van der Waals surface area contributed by atoms with Crippen molar-refractivity contribution in [3.63, 3.8) is 0 Å². The molecule has 1 unspecified atom stereocenters. The van der Waals surface area contributed by atoms with Gasteiger partial charge >= 0.3 is 0 Å². The van der Waals surface area contributed by atoms with Gasteiger partial charge in [0.1, 0.15) is 0 Å². The highest BCUT2D eigenvalue weighted by Crippen LogP contribution is 2.28. The molecule has 3 nitrogen and oxygen atoms in total. The quantitative estimate of drug-likeness (QED) is 0.749. The molecular formula is C19H24N2OS2. The molecular weight excluding hydrogens is 336 g/mol. The molecule has 128 valence electrons. The minimum Gasteiger partial charge on any atom is -0.350 e. The van der Waals surface area contributed by atoms with Crippen LogP contribution in [0.25, 0.3) is 0 Å². The summed E-state index contributed by atoms with van der Waals surface area (Å²) in [6.07, 6.45) is 2.42. The lowest BCUT2D eigenvalue weighted by atomic mass is 10.2. The topological polar surface area (TPSA) is 32.3 Å². The molecule has 1 fully saturated rings. The first-order valence-electron chi connectivity index (χ1n) is 8.54. The molecule has 5 heteroatoms. The molecule has 1 aromatic carbocycles. The molecule has 0 radical (unpaired) electrons. The maximum absolute atomic E-state index is 12.6. The van der Waals surface area contributed by atoms with E-state index in [1.54, 1.807) is 23.1 Å². The van der Waals surface area contributed by atoms with Gasteiger partial charge in [-0.05, 0) is 49.5 Å². The van der Waals surface area contributed by atoms with E-state index in [1.807, 2.05) is 24.3 Å². The Balaban J connectivity index is 1.60. The molecule has 1 amide bonds. The second-order valence-corrected chi connectivity index (χ2v) is 8.05. The SMILES string of the molecule is CCN1CCCC1CNC(=O)c1ccccc1SCc1cccs1. The Morgan fingerprint density at radius 1 is 1.33 bits per heavy atom. The molecule has 1 atom stereocenters. The third kappa shape index (κ3) is 4.41. The van der Waals surface area contributed by atoms with Crippen LogP contribution < -0.4 is 5.32 Å². The van der Waals surface area contributed by atoms with Crippen LogP contribution in [-0.2, 0) is 5.75 Å². The predicted octanol–water partition coefficient (Wildman–Crippen LogP) is 4.25. The van der Waals surface area contributed by atoms with E-state index >= 15 is 0 Å². The molecule has 1 aliphatic rings. The van der Waals surface area contributed by atoms with Crippen molar-refractivity contribution in [1.82, 2.24) is 10.2 Å². The van der Waals surface area contributed by atoms with E-state index in [2.05, 4.69) is 34.7 Å². The van der Waals surface area contributed by atoms with Gasteiger partial charge in [-0.1, -0.05) is 25.1 Å². The lowest BCUT2D eigenvalue weighted by molar-refractivity contribution is 0.0938. The van der Waals surface area contributed by atoms with Gasteiger partial charge in [0.2, 0.25) is 0 Å². The second kappa shape index (κ2) is 8.70. The van der Waals surface area contributed by atoms with Gasteiger partial charge in [-0.2, -0.15) is 0 Å². The summed E-state index contributed by atoms with van der Waals surface area (Å²) in [4.78, 5) is 17.5. The van der Waals surface area contributed by atoms with Crippen molar-refractivity contribution in [2.45, 2.75) is 36.5 Å². The van der Waals surface area contributed by atoms with Crippen LogP contribution in [0.4, 0.5) is 0 Å². The van der Waals surface area contributed by atoms with Crippen LogP contribution >= 0.6 is 23.1 Å². The van der Waals surface area contributed by atoms with E-state index in [0.29, 0.717) is 6.04 Å². The molecule has 24 heavy (non-hydrogen) atoms. The number of carbonyl (C=O) groups excluding carboxylic acids is 1. The van der Waals surface area contributed by atoms with Gasteiger partial charge in [-0.3, -0.25) is 9.69 Å². The number of nitrogens with one attached hydrogen (secondary N) is 1. The van der Waals surface area contributed by atoms with Crippen molar-refractivity contribution in [2.24, 2.45) is 0 Å². The number of hydrogen-bond donors (Lipinski definition) is 1. The Morgan fingerprint density at radius 3 is 3.00 bits per heavy atom. The summed E-state index contributed by atoms with van der Waals surface area (Å²) in [7, 11) is 0. The number of amides is 1. The highest BCUT2D eigenvalue weighted by atomic mass is 32.2. The summed E-state index contributed by atoms with van der Waals surface area (Å²) >= 11 is 3.49. The standard InChI is InChI=1S/C19H24N2OS2/c1-2-21-11-5-7-15(21)13-20-19(22)17-9-3-4-10-18(17)24-14-16-8-6-12-23-16/h3-4,6,8-10,12,15H,2,5,7,11,13-14H2,1H3,(H,20,22). The molecule has 0 spiro atoms. The molecule has 1 aliphatic heterocycles. The van der Waals surface area contributed by atoms with E-state index in [0.717, 1.165) is 35.8 Å². The van der Waals surface area contributed by atoms with Crippen molar-refractivity contribution in [3.05, 3.63) is 52.2 Å². The third-order valence-corrected chi connectivity index (χ3v) is 6.67. The fraction of sp³-hybridized carbons (Fsp3) is 0.421. The van der Waals surface area contributed by atoms with E-state index in [1.165, 1.54) is 17.7 Å². The van der Waals surface area contributed by atoms with Gasteiger partial charge in [-0.15, -0.1) is 23.1 Å². The maximum atomic E-state index is 12.6. The predicted molar refractivity (Wildman–Crippen MR) is 103 cm³/mol. The van der Waals surface area contributed by atoms with Crippen LogP contribution in [-0.4, -0.2) is 36.5 Å². The smallest absolute Gasteiger partial charge is 0.252 e. The first-order valence-corrected chi connectivity index (χ1v) is 10.4. The number of thioether (sulfide) groups is 1. The summed E-state index contributed by atoms with van der Waals surface area (Å²) in [6, 6.07) is 12.6. The normalized spacial score (nSPS) is 18.0. The fourth-order valence-electron chi connectivity index (χ4n) is 3.17. The zero-order chi connectivity index (χ0) is 16.8. The fourth-order valence-corrected chi connectivity index (χ4v) is 5.00. The Labute approximate surface area is 152 Å². The van der Waals surface area contributed by atoms with Crippen LogP contribution in [0.2, 0.25) is 0 Å². The number of likely N-dealkylation sites (tertiary alicyclic amines) is 1. The molecule has 2 heterocycles. The van der Waals surface area contributed by atoms with Crippen molar-refractivity contribution in [2.75, 3.05) is 19.6 Å². The zero-order valence-corrected chi connectivity index (χ0v) is 15.7. The number of thiophene rings is 1. The highest BCUT2D eigenvalue weighted by Gasteiger charge is 2.23. The van der Waals surface area contributed by atoms with E-state index < -0.39 is 0 Å². The summed E-state index contributed by atoms with van der Waals surface area (Å²) in [5.74, 6) is 0.959. The summed E-state index contributed by atoms with van der Waals surface area (Å²) in [6.45, 7) is 5.16. The first-order chi connectivity index (χ1) is 11.8. The van der Waals surface area contributed by atoms with Gasteiger partial charge in [0, 0.05) is 28.1 Å². The Morgan fingerprint density at radius 2 is 2.21 bits per heavy atom. The van der Waals surface area contributed by atoms with Gasteiger partial charge in [0.15, 0.2) is 0 Å². The Hall–Kier alpha value is -1.30. The number of rotatable bonds is 7. The summed E-state index contributed by atoms with van der Waals surface area (Å²) in [5.41, 5.74) is 0.792. The van der Waals surface area contributed by atoms with Gasteiger partial charge in [0.05, 0.1) is 5.56 Å². The number of nitrogens with zero attached hydrogens (tertiary/aromatic N) is 1. The lowest BCUT2D eigenvalue weighted by Gasteiger charge is -2.23. The minimum absolute atomic E-state index is 0.0484. The summed E-state index contributed by atoms with van der Waals surface area (Å²) in [5, 5.41) is 5.24. The van der Waals surface area contributed by atoms with Crippen molar-refractivity contribution in [1.29, 1.82) is 0 Å². The molecule has 0 aliphatic carbocycles. The van der Waals surface area contributed by atoms with Crippen LogP contribution in [0.1, 0.15) is 35.0 Å². The summed E-state index contributed by atoms with van der Waals surface area (Å²) < 4.78 is 0. The van der Waals surface area contributed by atoms with Crippen molar-refractivity contribution >= 4 is 29.0 Å². The average Bonchev–Trinajstić information content (AvgIpc) is 3.29. The van der Waals surface area contributed by atoms with Gasteiger partial charge in [-0.25, -0.2) is 0 Å². The Bertz CT molecular complexity index is 657. The van der Waals surface area contributed by atoms with Crippen LogP contribution in [0, 0.1) is 0 Å². The van der Waals surface area contributed by atoms with Crippen LogP contribution in [0.3, 0.4) is 0 Å². The van der Waals surface area contributed by atoms with Gasteiger partial charge in [0.25, 0.3) is 5.91 Å². The van der Waals surface area contributed by atoms with E-state index in [4.69, 9.17) is 0 Å². The molecule has 2 aromatic rings. The number of likely N-dealkylation sites (N-methyl/N-ethyl adjacent to an activating group) is 1. The monoisotopic (exact) mass is 360 g/mol. The molecule has 1 N–H and O–H groups in total. The van der Waals surface area contributed by atoms with Crippen LogP contribution in [0.15, 0.2) is 46.7 Å². The largest absolute Gasteiger partial charge is 0.350 e. The molecule has 0 bridgehead atoms. The highest BCUT2D eigenvalue weighted by molar-refractivity contribution is 7.98.